The summed E-state index contributed by atoms with van der Waals surface area (Å²) in [5.41, 5.74) is 0.878. The van der Waals surface area contributed by atoms with Crippen LogP contribution in [0.2, 0.25) is 0 Å². The molecule has 86 valence electrons. The predicted octanol–water partition coefficient (Wildman–Crippen LogP) is 3.10. The fourth-order valence-electron chi connectivity index (χ4n) is 1.16. The summed E-state index contributed by atoms with van der Waals surface area (Å²) in [4.78, 5) is 0. The molecule has 0 aliphatic heterocycles. The lowest BCUT2D eigenvalue weighted by Crippen LogP contribution is -1.99. The van der Waals surface area contributed by atoms with Gasteiger partial charge in [0.15, 0.2) is 0 Å². The van der Waals surface area contributed by atoms with E-state index < -0.39 is 0 Å². The van der Waals surface area contributed by atoms with Crippen LogP contribution >= 0.6 is 0 Å². The first kappa shape index (κ1) is 12.4. The molecular formula is C14H18O2. The summed E-state index contributed by atoms with van der Waals surface area (Å²) in [7, 11) is 3.27. The quantitative estimate of drug-likeness (QED) is 0.710. The molecule has 16 heavy (non-hydrogen) atoms. The van der Waals surface area contributed by atoms with E-state index in [9.17, 15) is 0 Å². The summed E-state index contributed by atoms with van der Waals surface area (Å²) in [5.74, 6) is 7.83. The minimum atomic E-state index is -0.00899. The van der Waals surface area contributed by atoms with Gasteiger partial charge in [0, 0.05) is 11.5 Å². The maximum Gasteiger partial charge on any atom is 0.138 e. The Balaban J connectivity index is 3.08. The Kier molecular flexibility index (Phi) is 3.84. The van der Waals surface area contributed by atoms with Gasteiger partial charge in [-0.25, -0.2) is 0 Å². The largest absolute Gasteiger partial charge is 0.497 e. The molecule has 0 atom stereocenters. The van der Waals surface area contributed by atoms with Crippen LogP contribution in [0.1, 0.15) is 26.3 Å². The molecule has 1 aromatic carbocycles. The Morgan fingerprint density at radius 2 is 1.75 bits per heavy atom. The van der Waals surface area contributed by atoms with Crippen LogP contribution in [-0.4, -0.2) is 14.2 Å². The van der Waals surface area contributed by atoms with Crippen LogP contribution in [0.25, 0.3) is 0 Å². The number of benzene rings is 1. The molecule has 0 N–H and O–H groups in total. The normalized spacial score (nSPS) is 10.3. The highest BCUT2D eigenvalue weighted by atomic mass is 16.5. The molecule has 0 aliphatic carbocycles. The van der Waals surface area contributed by atoms with Crippen LogP contribution < -0.4 is 9.47 Å². The van der Waals surface area contributed by atoms with E-state index >= 15 is 0 Å². The molecule has 0 radical (unpaired) electrons. The van der Waals surface area contributed by atoms with Crippen molar-refractivity contribution in [3.05, 3.63) is 23.8 Å². The van der Waals surface area contributed by atoms with Crippen molar-refractivity contribution >= 4 is 0 Å². The van der Waals surface area contributed by atoms with E-state index in [1.807, 2.05) is 18.2 Å². The van der Waals surface area contributed by atoms with Gasteiger partial charge < -0.3 is 9.47 Å². The Morgan fingerprint density at radius 3 is 2.25 bits per heavy atom. The average Bonchev–Trinajstić information content (AvgIpc) is 2.25. The summed E-state index contributed by atoms with van der Waals surface area (Å²) in [6.07, 6.45) is 0. The Bertz CT molecular complexity index is 417. The summed E-state index contributed by atoms with van der Waals surface area (Å²) in [6, 6.07) is 5.64. The van der Waals surface area contributed by atoms with Crippen LogP contribution in [0.4, 0.5) is 0 Å². The number of rotatable bonds is 2. The van der Waals surface area contributed by atoms with E-state index in [0.717, 1.165) is 17.1 Å². The lowest BCUT2D eigenvalue weighted by Gasteiger charge is -2.09. The molecule has 0 saturated heterocycles. The Labute approximate surface area is 97.6 Å². The molecule has 0 unspecified atom stereocenters. The van der Waals surface area contributed by atoms with Crippen molar-refractivity contribution in [1.82, 2.24) is 0 Å². The van der Waals surface area contributed by atoms with Crippen LogP contribution in [-0.2, 0) is 0 Å². The average molecular weight is 218 g/mol. The van der Waals surface area contributed by atoms with Crippen molar-refractivity contribution in [2.75, 3.05) is 14.2 Å². The predicted molar refractivity (Wildman–Crippen MR) is 65.9 cm³/mol. The fraction of sp³-hybridized carbons (Fsp3) is 0.429. The molecule has 0 aromatic heterocycles. The molecular weight excluding hydrogens is 200 g/mol. The van der Waals surface area contributed by atoms with Gasteiger partial charge in [0.05, 0.1) is 19.8 Å². The molecule has 0 saturated carbocycles. The van der Waals surface area contributed by atoms with Gasteiger partial charge >= 0.3 is 0 Å². The Morgan fingerprint density at radius 1 is 1.06 bits per heavy atom. The van der Waals surface area contributed by atoms with Crippen molar-refractivity contribution < 1.29 is 9.47 Å². The van der Waals surface area contributed by atoms with Crippen molar-refractivity contribution in [1.29, 1.82) is 0 Å². The van der Waals surface area contributed by atoms with Gasteiger partial charge in [-0.15, -0.1) is 0 Å². The second kappa shape index (κ2) is 4.94. The highest BCUT2D eigenvalue weighted by molar-refractivity contribution is 5.50. The number of hydrogen-bond donors (Lipinski definition) is 0. The topological polar surface area (TPSA) is 18.5 Å². The molecule has 1 rings (SSSR count). The third-order valence-corrected chi connectivity index (χ3v) is 1.98. The van der Waals surface area contributed by atoms with Crippen molar-refractivity contribution in [3.63, 3.8) is 0 Å². The highest BCUT2D eigenvalue weighted by Gasteiger charge is 2.06. The maximum atomic E-state index is 5.27. The zero-order valence-corrected chi connectivity index (χ0v) is 10.5. The van der Waals surface area contributed by atoms with E-state index in [1.165, 1.54) is 0 Å². The van der Waals surface area contributed by atoms with E-state index in [-0.39, 0.29) is 5.41 Å². The SMILES string of the molecule is COc1ccc(C#CC(C)(C)C)c(OC)c1. The van der Waals surface area contributed by atoms with Gasteiger partial charge in [-0.2, -0.15) is 0 Å². The van der Waals surface area contributed by atoms with Gasteiger partial charge in [-0.1, -0.05) is 11.8 Å². The minimum absolute atomic E-state index is 0.00899. The van der Waals surface area contributed by atoms with E-state index in [1.54, 1.807) is 14.2 Å². The zero-order valence-electron chi connectivity index (χ0n) is 10.5. The lowest BCUT2D eigenvalue weighted by atomic mass is 9.97. The van der Waals surface area contributed by atoms with Crippen LogP contribution in [0.3, 0.4) is 0 Å². The van der Waals surface area contributed by atoms with Gasteiger partial charge in [0.1, 0.15) is 11.5 Å². The smallest absolute Gasteiger partial charge is 0.138 e. The van der Waals surface area contributed by atoms with Crippen LogP contribution in [0, 0.1) is 17.3 Å². The molecule has 0 spiro atoms. The Hall–Kier alpha value is -1.62. The first-order chi connectivity index (χ1) is 7.46. The first-order valence-electron chi connectivity index (χ1n) is 5.21. The number of methoxy groups -OCH3 is 2. The zero-order chi connectivity index (χ0) is 12.2. The monoisotopic (exact) mass is 218 g/mol. The molecule has 2 heteroatoms. The number of ether oxygens (including phenoxy) is 2. The molecule has 0 heterocycles. The molecule has 0 bridgehead atoms. The highest BCUT2D eigenvalue weighted by Crippen LogP contribution is 2.24. The van der Waals surface area contributed by atoms with E-state index in [2.05, 4.69) is 32.6 Å². The third-order valence-electron chi connectivity index (χ3n) is 1.98. The van der Waals surface area contributed by atoms with E-state index in [0.29, 0.717) is 0 Å². The molecule has 1 aromatic rings. The molecule has 0 fully saturated rings. The van der Waals surface area contributed by atoms with Crippen LogP contribution in [0.5, 0.6) is 11.5 Å². The van der Waals surface area contributed by atoms with Crippen molar-refractivity contribution in [3.8, 4) is 23.3 Å². The fourth-order valence-corrected chi connectivity index (χ4v) is 1.16. The maximum absolute atomic E-state index is 5.27. The second-order valence-corrected chi connectivity index (χ2v) is 4.57. The summed E-state index contributed by atoms with van der Waals surface area (Å²) in [6.45, 7) is 6.24. The van der Waals surface area contributed by atoms with Crippen molar-refractivity contribution in [2.45, 2.75) is 20.8 Å². The molecule has 0 amide bonds. The van der Waals surface area contributed by atoms with E-state index in [4.69, 9.17) is 9.47 Å². The summed E-state index contributed by atoms with van der Waals surface area (Å²) in [5, 5.41) is 0. The minimum Gasteiger partial charge on any atom is -0.497 e. The summed E-state index contributed by atoms with van der Waals surface area (Å²) >= 11 is 0. The lowest BCUT2D eigenvalue weighted by molar-refractivity contribution is 0.393. The van der Waals surface area contributed by atoms with Gasteiger partial charge in [-0.3, -0.25) is 0 Å². The molecule has 0 aliphatic rings. The van der Waals surface area contributed by atoms with Gasteiger partial charge in [-0.05, 0) is 32.9 Å². The van der Waals surface area contributed by atoms with Crippen molar-refractivity contribution in [2.24, 2.45) is 5.41 Å². The summed E-state index contributed by atoms with van der Waals surface area (Å²) < 4.78 is 10.4. The second-order valence-electron chi connectivity index (χ2n) is 4.57. The van der Waals surface area contributed by atoms with Gasteiger partial charge in [0.25, 0.3) is 0 Å². The number of hydrogen-bond acceptors (Lipinski definition) is 2. The van der Waals surface area contributed by atoms with Crippen LogP contribution in [0.15, 0.2) is 18.2 Å². The van der Waals surface area contributed by atoms with Gasteiger partial charge in [0.2, 0.25) is 0 Å². The standard InChI is InChI=1S/C14H18O2/c1-14(2,3)9-8-11-6-7-12(15-4)10-13(11)16-5/h6-7,10H,1-5H3. The molecule has 2 nitrogen and oxygen atoms in total. The first-order valence-corrected chi connectivity index (χ1v) is 5.21. The third kappa shape index (κ3) is 3.51.